The van der Waals surface area contributed by atoms with Gasteiger partial charge >= 0.3 is 0 Å². The van der Waals surface area contributed by atoms with Crippen molar-refractivity contribution < 1.29 is 4.79 Å². The van der Waals surface area contributed by atoms with Crippen LogP contribution in [-0.4, -0.2) is 29.9 Å². The molecule has 0 aliphatic carbocycles. The maximum Gasteiger partial charge on any atom is 0.224 e. The van der Waals surface area contributed by atoms with Gasteiger partial charge in [-0.25, -0.2) is 0 Å². The molecule has 0 saturated carbocycles. The number of nitrogens with zero attached hydrogens (tertiary/aromatic N) is 2. The van der Waals surface area contributed by atoms with Gasteiger partial charge in [0.2, 0.25) is 5.91 Å². The van der Waals surface area contributed by atoms with Gasteiger partial charge in [0.15, 0.2) is 0 Å². The molecule has 2 aromatic carbocycles. The summed E-state index contributed by atoms with van der Waals surface area (Å²) in [6.45, 7) is 4.71. The zero-order valence-electron chi connectivity index (χ0n) is 15.8. The van der Waals surface area contributed by atoms with Crippen LogP contribution in [0.3, 0.4) is 0 Å². The van der Waals surface area contributed by atoms with Crippen LogP contribution >= 0.6 is 0 Å². The highest BCUT2D eigenvalue weighted by atomic mass is 16.2. The summed E-state index contributed by atoms with van der Waals surface area (Å²) in [7, 11) is 0. The van der Waals surface area contributed by atoms with E-state index in [1.807, 2.05) is 12.1 Å². The molecule has 1 saturated heterocycles. The maximum atomic E-state index is 12.9. The summed E-state index contributed by atoms with van der Waals surface area (Å²) in [4.78, 5) is 17.3. The van der Waals surface area contributed by atoms with Crippen LogP contribution in [-0.2, 0) is 11.3 Å². The van der Waals surface area contributed by atoms with Crippen molar-refractivity contribution in [3.8, 4) is 0 Å². The van der Waals surface area contributed by atoms with Crippen LogP contribution in [0.4, 0.5) is 5.69 Å². The molecule has 0 bridgehead atoms. The topological polar surface area (TPSA) is 23.6 Å². The third kappa shape index (κ3) is 4.87. The number of hydrogen-bond acceptors (Lipinski definition) is 2. The van der Waals surface area contributed by atoms with E-state index in [4.69, 9.17) is 0 Å². The Hall–Kier alpha value is -2.29. The molecule has 1 amide bonds. The van der Waals surface area contributed by atoms with E-state index in [2.05, 4.69) is 65.3 Å². The number of para-hydroxylation sites is 1. The Labute approximate surface area is 157 Å². The van der Waals surface area contributed by atoms with Gasteiger partial charge in [0.25, 0.3) is 0 Å². The summed E-state index contributed by atoms with van der Waals surface area (Å²) in [5.41, 5.74) is 2.45. The van der Waals surface area contributed by atoms with Gasteiger partial charge in [-0.15, -0.1) is 0 Å². The average Bonchev–Trinajstić information content (AvgIpc) is 2.72. The van der Waals surface area contributed by atoms with Crippen molar-refractivity contribution in [1.82, 2.24) is 4.90 Å². The number of carbonyl (C=O) groups is 1. The lowest BCUT2D eigenvalue weighted by Gasteiger charge is -2.36. The van der Waals surface area contributed by atoms with E-state index >= 15 is 0 Å². The summed E-state index contributed by atoms with van der Waals surface area (Å²) in [6.07, 6.45) is 5.21. The Morgan fingerprint density at radius 3 is 2.42 bits per heavy atom. The number of amides is 1. The lowest BCUT2D eigenvalue weighted by molar-refractivity contribution is -0.134. The molecular formula is C23H30N2O. The fraction of sp³-hybridized carbons (Fsp3) is 0.435. The number of carbonyl (C=O) groups excluding carboxylic acids is 1. The van der Waals surface area contributed by atoms with Crippen molar-refractivity contribution >= 4 is 11.6 Å². The molecule has 1 fully saturated rings. The van der Waals surface area contributed by atoms with Crippen LogP contribution in [0.15, 0.2) is 60.7 Å². The van der Waals surface area contributed by atoms with E-state index in [-0.39, 0.29) is 0 Å². The normalized spacial score (nSPS) is 17.1. The van der Waals surface area contributed by atoms with Gasteiger partial charge in [-0.1, -0.05) is 55.5 Å². The van der Waals surface area contributed by atoms with Gasteiger partial charge in [-0.05, 0) is 43.4 Å². The zero-order chi connectivity index (χ0) is 18.2. The lowest BCUT2D eigenvalue weighted by Crippen LogP contribution is -2.44. The highest BCUT2D eigenvalue weighted by Gasteiger charge is 2.25. The minimum atomic E-state index is 0.311. The van der Waals surface area contributed by atoms with E-state index in [9.17, 15) is 4.79 Å². The van der Waals surface area contributed by atoms with Gasteiger partial charge in [0.05, 0.1) is 0 Å². The zero-order valence-corrected chi connectivity index (χ0v) is 15.8. The molecule has 1 aliphatic rings. The summed E-state index contributed by atoms with van der Waals surface area (Å²) in [5, 5.41) is 0. The fourth-order valence-electron chi connectivity index (χ4n) is 3.87. The third-order valence-corrected chi connectivity index (χ3v) is 5.35. The number of likely N-dealkylation sites (tertiary alicyclic amines) is 1. The van der Waals surface area contributed by atoms with Crippen molar-refractivity contribution in [2.45, 2.75) is 51.6 Å². The van der Waals surface area contributed by atoms with Crippen LogP contribution in [0.25, 0.3) is 0 Å². The molecule has 0 N–H and O–H groups in total. The number of anilines is 1. The monoisotopic (exact) mass is 350 g/mol. The third-order valence-electron chi connectivity index (χ3n) is 5.35. The SMILES string of the molecule is CCC1CCCCN1C(=O)CCN(Cc1ccccc1)c1ccccc1. The predicted octanol–water partition coefficient (Wildman–Crippen LogP) is 4.87. The molecule has 1 heterocycles. The number of piperidine rings is 1. The van der Waals surface area contributed by atoms with Crippen LogP contribution < -0.4 is 4.90 Å². The Kier molecular flexibility index (Phi) is 6.70. The Morgan fingerprint density at radius 2 is 1.73 bits per heavy atom. The van der Waals surface area contributed by atoms with Gasteiger partial charge in [-0.2, -0.15) is 0 Å². The Balaban J connectivity index is 1.66. The largest absolute Gasteiger partial charge is 0.367 e. The van der Waals surface area contributed by atoms with Crippen LogP contribution in [0.1, 0.15) is 44.6 Å². The average molecular weight is 351 g/mol. The smallest absolute Gasteiger partial charge is 0.224 e. The van der Waals surface area contributed by atoms with Gasteiger partial charge < -0.3 is 9.80 Å². The quantitative estimate of drug-likeness (QED) is 0.711. The lowest BCUT2D eigenvalue weighted by atomic mass is 9.99. The van der Waals surface area contributed by atoms with E-state index in [1.165, 1.54) is 17.7 Å². The minimum absolute atomic E-state index is 0.311. The molecule has 2 aromatic rings. The van der Waals surface area contributed by atoms with Crippen molar-refractivity contribution in [3.63, 3.8) is 0 Å². The van der Waals surface area contributed by atoms with Crippen molar-refractivity contribution in [2.24, 2.45) is 0 Å². The first-order valence-corrected chi connectivity index (χ1v) is 9.91. The molecule has 1 unspecified atom stereocenters. The first-order chi connectivity index (χ1) is 12.8. The summed E-state index contributed by atoms with van der Waals surface area (Å²) < 4.78 is 0. The second-order valence-corrected chi connectivity index (χ2v) is 7.14. The fourth-order valence-corrected chi connectivity index (χ4v) is 3.87. The van der Waals surface area contributed by atoms with Crippen molar-refractivity contribution in [3.05, 3.63) is 66.2 Å². The molecule has 1 aliphatic heterocycles. The van der Waals surface area contributed by atoms with Gasteiger partial charge in [0, 0.05) is 37.8 Å². The first kappa shape index (κ1) is 18.5. The van der Waals surface area contributed by atoms with Crippen molar-refractivity contribution in [2.75, 3.05) is 18.0 Å². The first-order valence-electron chi connectivity index (χ1n) is 9.91. The predicted molar refractivity (Wildman–Crippen MR) is 108 cm³/mol. The number of benzene rings is 2. The van der Waals surface area contributed by atoms with Crippen molar-refractivity contribution in [1.29, 1.82) is 0 Å². The second kappa shape index (κ2) is 9.42. The molecule has 0 radical (unpaired) electrons. The van der Waals surface area contributed by atoms with E-state index in [1.54, 1.807) is 0 Å². The minimum Gasteiger partial charge on any atom is -0.367 e. The molecule has 0 spiro atoms. The summed E-state index contributed by atoms with van der Waals surface area (Å²) in [6, 6.07) is 21.3. The molecule has 1 atom stereocenters. The van der Waals surface area contributed by atoms with E-state index in [0.717, 1.165) is 38.9 Å². The molecule has 138 valence electrons. The summed E-state index contributed by atoms with van der Waals surface area (Å²) >= 11 is 0. The van der Waals surface area contributed by atoms with Crippen LogP contribution in [0.2, 0.25) is 0 Å². The molecule has 3 nitrogen and oxygen atoms in total. The van der Waals surface area contributed by atoms with Crippen LogP contribution in [0, 0.1) is 0 Å². The highest BCUT2D eigenvalue weighted by molar-refractivity contribution is 5.77. The molecule has 3 heteroatoms. The number of rotatable bonds is 7. The second-order valence-electron chi connectivity index (χ2n) is 7.14. The van der Waals surface area contributed by atoms with E-state index < -0.39 is 0 Å². The summed E-state index contributed by atoms with van der Waals surface area (Å²) in [5.74, 6) is 0.311. The Bertz CT molecular complexity index is 671. The molecule has 0 aromatic heterocycles. The molecular weight excluding hydrogens is 320 g/mol. The van der Waals surface area contributed by atoms with E-state index in [0.29, 0.717) is 18.4 Å². The highest BCUT2D eigenvalue weighted by Crippen LogP contribution is 2.22. The van der Waals surface area contributed by atoms with Gasteiger partial charge in [-0.3, -0.25) is 4.79 Å². The standard InChI is InChI=1S/C23H30N2O/c1-2-21-13-9-10-17-25(21)23(26)16-18-24(22-14-7-4-8-15-22)19-20-11-5-3-6-12-20/h3-8,11-12,14-15,21H,2,9-10,13,16-19H2,1H3. The molecule has 3 rings (SSSR count). The van der Waals surface area contributed by atoms with Crippen LogP contribution in [0.5, 0.6) is 0 Å². The van der Waals surface area contributed by atoms with Gasteiger partial charge in [0.1, 0.15) is 0 Å². The number of hydrogen-bond donors (Lipinski definition) is 0. The molecule has 26 heavy (non-hydrogen) atoms. The Morgan fingerprint density at radius 1 is 1.04 bits per heavy atom. The maximum absolute atomic E-state index is 12.9.